The summed E-state index contributed by atoms with van der Waals surface area (Å²) in [5, 5.41) is 8.98. The van der Waals surface area contributed by atoms with Crippen LogP contribution in [0, 0.1) is 12.8 Å². The van der Waals surface area contributed by atoms with Gasteiger partial charge in [-0.1, -0.05) is 29.8 Å². The van der Waals surface area contributed by atoms with E-state index in [1.165, 1.54) is 5.56 Å². The van der Waals surface area contributed by atoms with Crippen LogP contribution in [0.25, 0.3) is 0 Å². The third-order valence-electron chi connectivity index (χ3n) is 3.94. The van der Waals surface area contributed by atoms with Crippen LogP contribution < -0.4 is 0 Å². The van der Waals surface area contributed by atoms with Gasteiger partial charge >= 0.3 is 12.0 Å². The molecule has 0 bridgehead atoms. The van der Waals surface area contributed by atoms with Crippen LogP contribution in [0.4, 0.5) is 4.79 Å². The smallest absolute Gasteiger partial charge is 0.320 e. The van der Waals surface area contributed by atoms with Crippen LogP contribution in [0.2, 0.25) is 0 Å². The second-order valence-electron chi connectivity index (χ2n) is 5.73. The summed E-state index contributed by atoms with van der Waals surface area (Å²) in [4.78, 5) is 26.7. The Morgan fingerprint density at radius 1 is 1.33 bits per heavy atom. The molecule has 1 aliphatic heterocycles. The number of aliphatic carboxylic acids is 1. The van der Waals surface area contributed by atoms with Gasteiger partial charge in [-0.2, -0.15) is 0 Å². The van der Waals surface area contributed by atoms with Crippen molar-refractivity contribution < 1.29 is 14.7 Å². The fourth-order valence-corrected chi connectivity index (χ4v) is 2.71. The van der Waals surface area contributed by atoms with Gasteiger partial charge in [0.05, 0.1) is 5.92 Å². The number of carbonyl (C=O) groups excluding carboxylic acids is 1. The van der Waals surface area contributed by atoms with E-state index in [0.717, 1.165) is 5.56 Å². The zero-order valence-electron chi connectivity index (χ0n) is 12.6. The number of nitrogens with zero attached hydrogens (tertiary/aromatic N) is 2. The van der Waals surface area contributed by atoms with E-state index in [2.05, 4.69) is 6.07 Å². The Hall–Kier alpha value is -2.04. The lowest BCUT2D eigenvalue weighted by atomic mass is 9.97. The monoisotopic (exact) mass is 290 g/mol. The van der Waals surface area contributed by atoms with E-state index in [1.807, 2.05) is 25.1 Å². The SMILES string of the molecule is Cc1cccc(CN(C)C(=O)N2CCC(C(=O)O)CC2)c1. The minimum Gasteiger partial charge on any atom is -0.481 e. The number of likely N-dealkylation sites (tertiary alicyclic amines) is 1. The molecular formula is C16H22N2O3. The Kier molecular flexibility index (Phi) is 4.83. The highest BCUT2D eigenvalue weighted by atomic mass is 16.4. The molecule has 0 aliphatic carbocycles. The Morgan fingerprint density at radius 2 is 2.00 bits per heavy atom. The zero-order chi connectivity index (χ0) is 15.4. The number of carbonyl (C=O) groups is 2. The third-order valence-corrected chi connectivity index (χ3v) is 3.94. The zero-order valence-corrected chi connectivity index (χ0v) is 12.6. The molecule has 0 aromatic heterocycles. The first-order valence-corrected chi connectivity index (χ1v) is 7.26. The van der Waals surface area contributed by atoms with Gasteiger partial charge in [0.25, 0.3) is 0 Å². The highest BCUT2D eigenvalue weighted by Gasteiger charge is 2.28. The summed E-state index contributed by atoms with van der Waals surface area (Å²) in [6.45, 7) is 3.64. The number of benzene rings is 1. The van der Waals surface area contributed by atoms with E-state index in [4.69, 9.17) is 5.11 Å². The van der Waals surface area contributed by atoms with E-state index in [9.17, 15) is 9.59 Å². The molecular weight excluding hydrogens is 268 g/mol. The number of carboxylic acid groups (broad SMARTS) is 1. The van der Waals surface area contributed by atoms with Crippen LogP contribution in [-0.4, -0.2) is 47.0 Å². The molecule has 21 heavy (non-hydrogen) atoms. The molecule has 1 aliphatic rings. The second-order valence-corrected chi connectivity index (χ2v) is 5.73. The average molecular weight is 290 g/mol. The van der Waals surface area contributed by atoms with Gasteiger partial charge < -0.3 is 14.9 Å². The highest BCUT2D eigenvalue weighted by Crippen LogP contribution is 2.18. The maximum absolute atomic E-state index is 12.4. The number of urea groups is 1. The molecule has 1 saturated heterocycles. The fraction of sp³-hybridized carbons (Fsp3) is 0.500. The number of amides is 2. The second kappa shape index (κ2) is 6.61. The fourth-order valence-electron chi connectivity index (χ4n) is 2.71. The number of piperidine rings is 1. The predicted octanol–water partition coefficient (Wildman–Crippen LogP) is 2.34. The highest BCUT2D eigenvalue weighted by molar-refractivity contribution is 5.75. The molecule has 1 aromatic carbocycles. The molecule has 0 spiro atoms. The predicted molar refractivity (Wildman–Crippen MR) is 80.0 cm³/mol. The van der Waals surface area contributed by atoms with Crippen molar-refractivity contribution in [2.45, 2.75) is 26.3 Å². The molecule has 1 N–H and O–H groups in total. The summed E-state index contributed by atoms with van der Waals surface area (Å²) in [6, 6.07) is 8.07. The van der Waals surface area contributed by atoms with Crippen molar-refractivity contribution in [1.29, 1.82) is 0 Å². The van der Waals surface area contributed by atoms with Crippen LogP contribution in [0.3, 0.4) is 0 Å². The molecule has 2 rings (SSSR count). The molecule has 1 fully saturated rings. The summed E-state index contributed by atoms with van der Waals surface area (Å²) in [7, 11) is 1.79. The first-order valence-electron chi connectivity index (χ1n) is 7.26. The summed E-state index contributed by atoms with van der Waals surface area (Å²) >= 11 is 0. The van der Waals surface area contributed by atoms with Gasteiger partial charge in [-0.3, -0.25) is 4.79 Å². The largest absolute Gasteiger partial charge is 0.481 e. The molecule has 0 unspecified atom stereocenters. The summed E-state index contributed by atoms with van der Waals surface area (Å²) in [6.07, 6.45) is 1.08. The lowest BCUT2D eigenvalue weighted by molar-refractivity contribution is -0.143. The molecule has 0 atom stereocenters. The van der Waals surface area contributed by atoms with Crippen molar-refractivity contribution in [3.05, 3.63) is 35.4 Å². The lowest BCUT2D eigenvalue weighted by Gasteiger charge is -2.33. The van der Waals surface area contributed by atoms with Crippen molar-refractivity contribution >= 4 is 12.0 Å². The maximum atomic E-state index is 12.4. The molecule has 114 valence electrons. The van der Waals surface area contributed by atoms with Gasteiger partial charge in [0.15, 0.2) is 0 Å². The Balaban J connectivity index is 1.90. The van der Waals surface area contributed by atoms with Gasteiger partial charge in [-0.05, 0) is 25.3 Å². The van der Waals surface area contributed by atoms with Crippen molar-refractivity contribution in [3.63, 3.8) is 0 Å². The first-order chi connectivity index (χ1) is 9.97. The van der Waals surface area contributed by atoms with Crippen molar-refractivity contribution in [2.24, 2.45) is 5.92 Å². The minimum atomic E-state index is -0.754. The molecule has 1 heterocycles. The molecule has 0 saturated carbocycles. The molecule has 2 amide bonds. The standard InChI is InChI=1S/C16H22N2O3/c1-12-4-3-5-13(10-12)11-17(2)16(21)18-8-6-14(7-9-18)15(19)20/h3-5,10,14H,6-9,11H2,1-2H3,(H,19,20). The molecule has 5 heteroatoms. The van der Waals surface area contributed by atoms with Crippen molar-refractivity contribution in [1.82, 2.24) is 9.80 Å². The van der Waals surface area contributed by atoms with E-state index < -0.39 is 5.97 Å². The van der Waals surface area contributed by atoms with E-state index in [0.29, 0.717) is 32.5 Å². The maximum Gasteiger partial charge on any atom is 0.320 e. The number of hydrogen-bond donors (Lipinski definition) is 1. The summed E-state index contributed by atoms with van der Waals surface area (Å²) < 4.78 is 0. The topological polar surface area (TPSA) is 60.9 Å². The summed E-state index contributed by atoms with van der Waals surface area (Å²) in [5.41, 5.74) is 2.28. The van der Waals surface area contributed by atoms with Crippen molar-refractivity contribution in [2.75, 3.05) is 20.1 Å². The van der Waals surface area contributed by atoms with E-state index in [1.54, 1.807) is 16.8 Å². The van der Waals surface area contributed by atoms with Crippen LogP contribution in [-0.2, 0) is 11.3 Å². The van der Waals surface area contributed by atoms with Crippen LogP contribution in [0.5, 0.6) is 0 Å². The Morgan fingerprint density at radius 3 is 2.57 bits per heavy atom. The van der Waals surface area contributed by atoms with E-state index in [-0.39, 0.29) is 11.9 Å². The van der Waals surface area contributed by atoms with Gasteiger partial charge in [0.2, 0.25) is 0 Å². The number of aryl methyl sites for hydroxylation is 1. The molecule has 0 radical (unpaired) electrons. The molecule has 1 aromatic rings. The lowest BCUT2D eigenvalue weighted by Crippen LogP contribution is -2.45. The minimum absolute atomic E-state index is 0.0275. The van der Waals surface area contributed by atoms with Gasteiger partial charge in [0, 0.05) is 26.7 Å². The normalized spacial score (nSPS) is 15.8. The first kappa shape index (κ1) is 15.4. The quantitative estimate of drug-likeness (QED) is 0.929. The van der Waals surface area contributed by atoms with Gasteiger partial charge in [-0.15, -0.1) is 0 Å². The average Bonchev–Trinajstić information content (AvgIpc) is 2.46. The summed E-state index contributed by atoms with van der Waals surface area (Å²) in [5.74, 6) is -1.06. The third kappa shape index (κ3) is 3.97. The van der Waals surface area contributed by atoms with Gasteiger partial charge in [0.1, 0.15) is 0 Å². The van der Waals surface area contributed by atoms with E-state index >= 15 is 0 Å². The van der Waals surface area contributed by atoms with Crippen LogP contribution in [0.1, 0.15) is 24.0 Å². The van der Waals surface area contributed by atoms with Crippen molar-refractivity contribution in [3.8, 4) is 0 Å². The number of hydrogen-bond acceptors (Lipinski definition) is 2. The molecule has 5 nitrogen and oxygen atoms in total. The van der Waals surface area contributed by atoms with Crippen LogP contribution >= 0.6 is 0 Å². The number of carboxylic acids is 1. The van der Waals surface area contributed by atoms with Gasteiger partial charge in [-0.25, -0.2) is 4.79 Å². The van der Waals surface area contributed by atoms with Crippen LogP contribution in [0.15, 0.2) is 24.3 Å². The Bertz CT molecular complexity index is 522. The number of rotatable bonds is 3. The Labute approximate surface area is 125 Å².